The Morgan fingerprint density at radius 2 is 2.13 bits per heavy atom. The van der Waals surface area contributed by atoms with Crippen LogP contribution in [0.1, 0.15) is 22.9 Å². The number of carbonyl (C=O) groups is 2. The summed E-state index contributed by atoms with van der Waals surface area (Å²) in [4.78, 5) is 24.1. The van der Waals surface area contributed by atoms with Gasteiger partial charge in [0, 0.05) is 11.4 Å². The maximum Gasteiger partial charge on any atom is 0.312 e. The number of methoxy groups -OCH3 is 1. The molecule has 6 nitrogen and oxygen atoms in total. The van der Waals surface area contributed by atoms with E-state index < -0.39 is 12.1 Å². The van der Waals surface area contributed by atoms with Crippen LogP contribution in [0.5, 0.6) is 5.75 Å². The normalized spacial score (nSPS) is 11.5. The zero-order valence-electron chi connectivity index (χ0n) is 12.7. The van der Waals surface area contributed by atoms with E-state index in [0.717, 1.165) is 16.2 Å². The number of carbonyl (C=O) groups excluding carboxylic acids is 2. The molecule has 0 spiro atoms. The van der Waals surface area contributed by atoms with Crippen LogP contribution in [0.15, 0.2) is 41.8 Å². The molecule has 23 heavy (non-hydrogen) atoms. The fourth-order valence-corrected chi connectivity index (χ4v) is 2.90. The van der Waals surface area contributed by atoms with Gasteiger partial charge in [-0.3, -0.25) is 4.79 Å². The molecule has 7 heteroatoms. The monoisotopic (exact) mass is 333 g/mol. The molecule has 0 saturated heterocycles. The Hall–Kier alpha value is -2.54. The Balaban J connectivity index is 1.92. The second-order valence-electron chi connectivity index (χ2n) is 4.91. The standard InChI is InChI=1S/C16H19N3O3S/c1-22-12-5-2-4-11(8-12)10-18-15(20)9-13(19-16(17)21)14-6-3-7-23-14/h2-8,13H,9-10H2,1H3,(H,18,20)(H3,17,19,21)/t13-/m0/s1. The molecule has 0 aliphatic rings. The zero-order valence-corrected chi connectivity index (χ0v) is 13.6. The van der Waals surface area contributed by atoms with Gasteiger partial charge in [-0.25, -0.2) is 4.79 Å². The van der Waals surface area contributed by atoms with Gasteiger partial charge in [-0.1, -0.05) is 18.2 Å². The molecule has 1 heterocycles. The average Bonchev–Trinajstić information content (AvgIpc) is 3.06. The third-order valence-corrected chi connectivity index (χ3v) is 4.20. The Kier molecular flexibility index (Phi) is 5.99. The van der Waals surface area contributed by atoms with Crippen LogP contribution in [0.4, 0.5) is 4.79 Å². The number of hydrogen-bond acceptors (Lipinski definition) is 4. The third kappa shape index (κ3) is 5.30. The molecule has 0 unspecified atom stereocenters. The van der Waals surface area contributed by atoms with Gasteiger partial charge in [0.2, 0.25) is 5.91 Å². The third-order valence-electron chi connectivity index (χ3n) is 3.22. The van der Waals surface area contributed by atoms with E-state index in [9.17, 15) is 9.59 Å². The number of hydrogen-bond donors (Lipinski definition) is 3. The molecule has 0 saturated carbocycles. The summed E-state index contributed by atoms with van der Waals surface area (Å²) < 4.78 is 5.15. The van der Waals surface area contributed by atoms with Crippen molar-refractivity contribution in [3.05, 3.63) is 52.2 Å². The maximum atomic E-state index is 12.1. The molecule has 3 amide bonds. The molecule has 1 aromatic carbocycles. The van der Waals surface area contributed by atoms with E-state index in [1.807, 2.05) is 41.8 Å². The molecule has 1 aromatic heterocycles. The van der Waals surface area contributed by atoms with E-state index in [0.29, 0.717) is 6.54 Å². The minimum Gasteiger partial charge on any atom is -0.497 e. The fraction of sp³-hybridized carbons (Fsp3) is 0.250. The molecule has 4 N–H and O–H groups in total. The Bertz CT molecular complexity index is 658. The van der Waals surface area contributed by atoms with Crippen LogP contribution in [-0.2, 0) is 11.3 Å². The van der Waals surface area contributed by atoms with Crippen molar-refractivity contribution in [2.24, 2.45) is 5.73 Å². The highest BCUT2D eigenvalue weighted by atomic mass is 32.1. The van der Waals surface area contributed by atoms with Gasteiger partial charge in [-0.05, 0) is 29.1 Å². The van der Waals surface area contributed by atoms with Gasteiger partial charge < -0.3 is 21.1 Å². The highest BCUT2D eigenvalue weighted by molar-refractivity contribution is 7.10. The van der Waals surface area contributed by atoms with E-state index in [1.165, 1.54) is 11.3 Å². The lowest BCUT2D eigenvalue weighted by Crippen LogP contribution is -2.36. The highest BCUT2D eigenvalue weighted by Crippen LogP contribution is 2.22. The number of nitrogens with one attached hydrogen (secondary N) is 2. The molecule has 0 aliphatic carbocycles. The van der Waals surface area contributed by atoms with Gasteiger partial charge in [0.15, 0.2) is 0 Å². The predicted octanol–water partition coefficient (Wildman–Crippen LogP) is 2.17. The van der Waals surface area contributed by atoms with Crippen LogP contribution >= 0.6 is 11.3 Å². The molecule has 2 aromatic rings. The minimum absolute atomic E-state index is 0.132. The van der Waals surface area contributed by atoms with Crippen molar-refractivity contribution in [2.75, 3.05) is 7.11 Å². The van der Waals surface area contributed by atoms with Crippen molar-refractivity contribution in [3.8, 4) is 5.75 Å². The number of thiophene rings is 1. The number of amides is 3. The van der Waals surface area contributed by atoms with E-state index in [4.69, 9.17) is 10.5 Å². The minimum atomic E-state index is -0.649. The first kappa shape index (κ1) is 16.8. The first-order chi connectivity index (χ1) is 11.1. The highest BCUT2D eigenvalue weighted by Gasteiger charge is 2.18. The van der Waals surface area contributed by atoms with Crippen molar-refractivity contribution >= 4 is 23.3 Å². The first-order valence-corrected chi connectivity index (χ1v) is 7.95. The van der Waals surface area contributed by atoms with Crippen LogP contribution in [0.2, 0.25) is 0 Å². The lowest BCUT2D eigenvalue weighted by atomic mass is 10.1. The second-order valence-corrected chi connectivity index (χ2v) is 5.89. The summed E-state index contributed by atoms with van der Waals surface area (Å²) in [6.45, 7) is 0.393. The van der Waals surface area contributed by atoms with Crippen molar-refractivity contribution in [1.82, 2.24) is 10.6 Å². The van der Waals surface area contributed by atoms with Crippen LogP contribution in [0.3, 0.4) is 0 Å². The topological polar surface area (TPSA) is 93.4 Å². The van der Waals surface area contributed by atoms with Crippen LogP contribution in [0.25, 0.3) is 0 Å². The summed E-state index contributed by atoms with van der Waals surface area (Å²) in [6, 6.07) is 10.1. The molecule has 0 fully saturated rings. The van der Waals surface area contributed by atoms with E-state index in [1.54, 1.807) is 7.11 Å². The van der Waals surface area contributed by atoms with Crippen LogP contribution in [0, 0.1) is 0 Å². The predicted molar refractivity (Wildman–Crippen MR) is 89.2 cm³/mol. The number of benzene rings is 1. The van der Waals surface area contributed by atoms with Gasteiger partial charge in [0.25, 0.3) is 0 Å². The summed E-state index contributed by atoms with van der Waals surface area (Å²) >= 11 is 1.47. The maximum absolute atomic E-state index is 12.1. The number of ether oxygens (including phenoxy) is 1. The quantitative estimate of drug-likeness (QED) is 0.725. The number of urea groups is 1. The fourth-order valence-electron chi connectivity index (χ4n) is 2.12. The van der Waals surface area contributed by atoms with E-state index in [-0.39, 0.29) is 12.3 Å². The zero-order chi connectivity index (χ0) is 16.7. The summed E-state index contributed by atoms with van der Waals surface area (Å²) in [5.41, 5.74) is 6.12. The van der Waals surface area contributed by atoms with Gasteiger partial charge in [-0.15, -0.1) is 11.3 Å². The summed E-state index contributed by atoms with van der Waals surface area (Å²) in [6.07, 6.45) is 0.132. The molecule has 0 radical (unpaired) electrons. The SMILES string of the molecule is COc1cccc(CNC(=O)C[C@H](NC(N)=O)c2cccs2)c1. The van der Waals surface area contributed by atoms with Crippen molar-refractivity contribution in [3.63, 3.8) is 0 Å². The van der Waals surface area contributed by atoms with E-state index in [2.05, 4.69) is 10.6 Å². The lowest BCUT2D eigenvalue weighted by molar-refractivity contribution is -0.121. The van der Waals surface area contributed by atoms with Crippen LogP contribution < -0.4 is 21.1 Å². The molecule has 1 atom stereocenters. The van der Waals surface area contributed by atoms with E-state index >= 15 is 0 Å². The smallest absolute Gasteiger partial charge is 0.312 e. The Morgan fingerprint density at radius 3 is 2.78 bits per heavy atom. The summed E-state index contributed by atoms with van der Waals surface area (Å²) in [7, 11) is 1.60. The Labute approximate surface area is 138 Å². The van der Waals surface area contributed by atoms with Gasteiger partial charge in [0.05, 0.1) is 19.6 Å². The van der Waals surface area contributed by atoms with Gasteiger partial charge in [-0.2, -0.15) is 0 Å². The number of primary amides is 1. The number of rotatable bonds is 7. The average molecular weight is 333 g/mol. The van der Waals surface area contributed by atoms with Gasteiger partial charge in [0.1, 0.15) is 5.75 Å². The van der Waals surface area contributed by atoms with Crippen molar-refractivity contribution in [1.29, 1.82) is 0 Å². The molecule has 0 aliphatic heterocycles. The van der Waals surface area contributed by atoms with Crippen molar-refractivity contribution in [2.45, 2.75) is 19.0 Å². The Morgan fingerprint density at radius 1 is 1.30 bits per heavy atom. The number of nitrogens with two attached hydrogens (primary N) is 1. The second kappa shape index (κ2) is 8.19. The summed E-state index contributed by atoms with van der Waals surface area (Å²) in [5, 5.41) is 7.32. The summed E-state index contributed by atoms with van der Waals surface area (Å²) in [5.74, 6) is 0.573. The van der Waals surface area contributed by atoms with Crippen molar-refractivity contribution < 1.29 is 14.3 Å². The molecule has 122 valence electrons. The van der Waals surface area contributed by atoms with Crippen LogP contribution in [-0.4, -0.2) is 19.0 Å². The van der Waals surface area contributed by atoms with Gasteiger partial charge >= 0.3 is 6.03 Å². The first-order valence-electron chi connectivity index (χ1n) is 7.07. The lowest BCUT2D eigenvalue weighted by Gasteiger charge is -2.16. The molecular formula is C16H19N3O3S. The molecule has 2 rings (SSSR count). The molecule has 0 bridgehead atoms. The largest absolute Gasteiger partial charge is 0.497 e. The molecular weight excluding hydrogens is 314 g/mol.